The molecule has 8 fully saturated rings. The van der Waals surface area contributed by atoms with Crippen LogP contribution >= 0.6 is 0 Å². The zero-order chi connectivity index (χ0) is 67.3. The number of likely N-dealkylation sites (tertiary alicyclic amines) is 2. The third-order valence-electron chi connectivity index (χ3n) is 23.3. The topological polar surface area (TPSA) is 202 Å². The molecule has 96 heavy (non-hydrogen) atoms. The van der Waals surface area contributed by atoms with Crippen LogP contribution in [-0.2, 0) is 42.7 Å². The van der Waals surface area contributed by atoms with E-state index < -0.39 is 60.4 Å². The first kappa shape index (κ1) is 64.9. The SMILES string of the molecule is COc1ccc2c(c1)C1CC1(C(=O)N1C3CCC1CN(C)C3)Cn1c-2c(C2CCCCC2)c2ccc(C(=O)NS(=O)(=O)C(F)(F)F)cc21.COc1ccc2c(c1)C1CC1(C(=O)N1C3CCC1CN(C)C3)Cn1c-2c(C2CCCCC2)c2ccc(C(=O)NS(=O)(=O)CC(F)F)cc21. The van der Waals surface area contributed by atoms with Crippen LogP contribution in [0.15, 0.2) is 72.8 Å². The molecule has 8 heterocycles. The van der Waals surface area contributed by atoms with E-state index in [0.29, 0.717) is 37.2 Å². The van der Waals surface area contributed by atoms with E-state index in [0.717, 1.165) is 171 Å². The molecule has 25 heteroatoms. The van der Waals surface area contributed by atoms with Crippen LogP contribution in [0.3, 0.4) is 0 Å². The highest BCUT2D eigenvalue weighted by atomic mass is 32.2. The molecule has 10 aliphatic rings. The number of likely N-dealkylation sites (N-methyl/N-ethyl adjacent to an activating group) is 2. The highest BCUT2D eigenvalue weighted by Crippen LogP contribution is 2.69. The Hall–Kier alpha value is -7.09. The van der Waals surface area contributed by atoms with Crippen molar-refractivity contribution in [2.75, 3.05) is 60.2 Å². The number of carbonyl (C=O) groups is 4. The Labute approximate surface area is 555 Å². The zero-order valence-corrected chi connectivity index (χ0v) is 56.0. The molecule has 18 nitrogen and oxygen atoms in total. The van der Waals surface area contributed by atoms with E-state index in [1.54, 1.807) is 32.4 Å². The first-order valence-electron chi connectivity index (χ1n) is 34.0. The van der Waals surface area contributed by atoms with Gasteiger partial charge in [0.15, 0.2) is 0 Å². The standard InChI is InChI=1S/C36H42F2N4O5S.C35H39F3N4O5S/c1-40-17-23-9-10-24(18-40)42(23)35(44)36-16-29(36)28-15-25(47-2)11-13-26(28)33-32(21-6-4-3-5-7-21)27-12-8-22(14-30(27)41(33)20-36)34(43)39-48(45,46)19-31(37)38;1-40-17-22-9-10-23(18-40)42(22)33(44)34-16-28(34)27-15-24(47-2)11-13-25(27)31-30(20-6-4-3-5-7-20)26-12-8-21(14-29(26)41(31)19-34)32(43)39-48(45,46)35(36,37)38/h8,11-15,21,23-24,29,31H,3-7,9-10,16-20H2,1-2H3,(H,39,43);8,11-15,20,22-23,28H,3-7,9-10,16-19H2,1-2H3,(H,39,43). The molecule has 0 spiro atoms. The highest BCUT2D eigenvalue weighted by Gasteiger charge is 2.67. The predicted octanol–water partition coefficient (Wildman–Crippen LogP) is 11.2. The number of piperazine rings is 2. The summed E-state index contributed by atoms with van der Waals surface area (Å²) in [6.07, 6.45) is 12.9. The van der Waals surface area contributed by atoms with Crippen molar-refractivity contribution in [3.63, 3.8) is 0 Å². The predicted molar refractivity (Wildman–Crippen MR) is 351 cm³/mol. The third-order valence-corrected chi connectivity index (χ3v) is 25.6. The molecule has 2 N–H and O–H groups in total. The number of alkyl halides is 5. The molecular formula is C71H81F5N8O10S2. The Morgan fingerprint density at radius 2 is 0.948 bits per heavy atom. The number of nitrogens with one attached hydrogen (secondary N) is 2. The van der Waals surface area contributed by atoms with Crippen LogP contribution in [0.4, 0.5) is 22.0 Å². The number of fused-ring (bicyclic) bond motifs is 18. The van der Waals surface area contributed by atoms with Crippen LogP contribution in [0.1, 0.15) is 169 Å². The summed E-state index contributed by atoms with van der Waals surface area (Å²) in [4.78, 5) is 65.1. The number of halogens is 5. The molecule has 0 radical (unpaired) electrons. The van der Waals surface area contributed by atoms with Crippen LogP contribution < -0.4 is 18.9 Å². The number of hydrogen-bond donors (Lipinski definition) is 2. The normalized spacial score (nSPS) is 27.1. The minimum absolute atomic E-state index is 0.00860. The molecule has 4 bridgehead atoms. The van der Waals surface area contributed by atoms with Gasteiger partial charge in [0.25, 0.3) is 18.2 Å². The van der Waals surface area contributed by atoms with Gasteiger partial charge in [0, 0.05) is 119 Å². The van der Waals surface area contributed by atoms with Crippen molar-refractivity contribution in [2.24, 2.45) is 10.8 Å². The number of rotatable bonds is 12. The fourth-order valence-corrected chi connectivity index (χ4v) is 20.2. The maximum absolute atomic E-state index is 14.9. The summed E-state index contributed by atoms with van der Waals surface area (Å²) in [5.74, 6) is -1.51. The van der Waals surface area contributed by atoms with Gasteiger partial charge in [0.05, 0.1) is 36.4 Å². The van der Waals surface area contributed by atoms with E-state index in [2.05, 4.69) is 55.0 Å². The number of ether oxygens (including phenoxy) is 2. The fourth-order valence-electron chi connectivity index (χ4n) is 18.9. The van der Waals surface area contributed by atoms with E-state index in [1.807, 2.05) is 35.1 Å². The number of amides is 4. The van der Waals surface area contributed by atoms with Crippen molar-refractivity contribution in [3.8, 4) is 34.0 Å². The van der Waals surface area contributed by atoms with E-state index in [-0.39, 0.29) is 70.8 Å². The molecule has 4 saturated heterocycles. The van der Waals surface area contributed by atoms with Gasteiger partial charge in [0.1, 0.15) is 17.3 Å². The summed E-state index contributed by atoms with van der Waals surface area (Å²) in [6, 6.07) is 22.6. The van der Waals surface area contributed by atoms with Crippen molar-refractivity contribution in [3.05, 3.63) is 106 Å². The number of hydrogen-bond acceptors (Lipinski definition) is 12. The van der Waals surface area contributed by atoms with Gasteiger partial charge in [-0.05, 0) is 173 Å². The quantitative estimate of drug-likeness (QED) is 0.110. The smallest absolute Gasteiger partial charge is 0.497 e. The van der Waals surface area contributed by atoms with Gasteiger partial charge in [-0.2, -0.15) is 21.6 Å². The van der Waals surface area contributed by atoms with Crippen LogP contribution in [0.25, 0.3) is 44.3 Å². The largest absolute Gasteiger partial charge is 0.516 e. The van der Waals surface area contributed by atoms with Gasteiger partial charge in [-0.15, -0.1) is 0 Å². The zero-order valence-electron chi connectivity index (χ0n) is 54.4. The first-order valence-corrected chi connectivity index (χ1v) is 37.1. The van der Waals surface area contributed by atoms with Crippen LogP contribution in [0.2, 0.25) is 0 Å². The molecule has 16 rings (SSSR count). The molecular weight excluding hydrogens is 1280 g/mol. The molecule has 4 aromatic carbocycles. The molecule has 2 aromatic heterocycles. The maximum atomic E-state index is 14.9. The maximum Gasteiger partial charge on any atom is 0.516 e. The van der Waals surface area contributed by atoms with Gasteiger partial charge >= 0.3 is 15.5 Å². The average Bonchev–Trinajstić information content (AvgIpc) is 1.52. The molecule has 6 aromatic rings. The second-order valence-electron chi connectivity index (χ2n) is 29.2. The number of benzene rings is 4. The summed E-state index contributed by atoms with van der Waals surface area (Å²) >= 11 is 0. The van der Waals surface area contributed by atoms with E-state index >= 15 is 0 Å². The van der Waals surface area contributed by atoms with E-state index in [9.17, 15) is 58.0 Å². The molecule has 8 unspecified atom stereocenters. The Morgan fingerprint density at radius 3 is 1.32 bits per heavy atom. The number of sulfonamides is 2. The molecule has 4 aliphatic carbocycles. The summed E-state index contributed by atoms with van der Waals surface area (Å²) < 4.78 is 132. The van der Waals surface area contributed by atoms with Gasteiger partial charge in [-0.1, -0.05) is 50.7 Å². The summed E-state index contributed by atoms with van der Waals surface area (Å²) in [5.41, 5.74) is 2.78. The van der Waals surface area contributed by atoms with Crippen molar-refractivity contribution in [2.45, 2.75) is 176 Å². The molecule has 8 atom stereocenters. The fraction of sp³-hybridized carbons (Fsp3) is 0.549. The second-order valence-corrected chi connectivity index (χ2v) is 32.6. The lowest BCUT2D eigenvalue weighted by Crippen LogP contribution is -2.57. The molecule has 6 aliphatic heterocycles. The van der Waals surface area contributed by atoms with E-state index in [4.69, 9.17) is 9.47 Å². The molecule has 4 amide bonds. The van der Waals surface area contributed by atoms with Gasteiger partial charge in [-0.25, -0.2) is 26.6 Å². The van der Waals surface area contributed by atoms with Crippen LogP contribution in [0.5, 0.6) is 11.5 Å². The summed E-state index contributed by atoms with van der Waals surface area (Å²) in [5, 5.41) is 1.85. The lowest BCUT2D eigenvalue weighted by Gasteiger charge is -2.41. The summed E-state index contributed by atoms with van der Waals surface area (Å²) in [6.45, 7) is 4.18. The van der Waals surface area contributed by atoms with Crippen LogP contribution in [-0.4, -0.2) is 166 Å². The minimum Gasteiger partial charge on any atom is -0.497 e. The van der Waals surface area contributed by atoms with Gasteiger partial charge in [-0.3, -0.25) is 19.2 Å². The monoisotopic (exact) mass is 1360 g/mol. The van der Waals surface area contributed by atoms with Crippen molar-refractivity contribution < 1.29 is 67.4 Å². The average molecular weight is 1370 g/mol. The minimum atomic E-state index is -5.90. The van der Waals surface area contributed by atoms with Crippen LogP contribution in [0, 0.1) is 10.8 Å². The molecule has 512 valence electrons. The van der Waals surface area contributed by atoms with Crippen molar-refractivity contribution in [1.82, 2.24) is 38.2 Å². The Morgan fingerprint density at radius 1 is 0.552 bits per heavy atom. The number of carbonyl (C=O) groups excluding carboxylic acids is 4. The Kier molecular flexibility index (Phi) is 16.1. The van der Waals surface area contributed by atoms with Gasteiger partial charge < -0.3 is 38.2 Å². The third kappa shape index (κ3) is 10.9. The number of methoxy groups -OCH3 is 2. The van der Waals surface area contributed by atoms with E-state index in [1.165, 1.54) is 28.8 Å². The molecule has 4 saturated carbocycles. The highest BCUT2D eigenvalue weighted by molar-refractivity contribution is 7.91. The second kappa shape index (κ2) is 23.8. The summed E-state index contributed by atoms with van der Waals surface area (Å²) in [7, 11) is -2.92. The Bertz CT molecular complexity index is 4400. The number of nitrogens with zero attached hydrogens (tertiary/aromatic N) is 6. The Balaban J connectivity index is 0.000000158. The van der Waals surface area contributed by atoms with Crippen molar-refractivity contribution in [1.29, 1.82) is 0 Å². The van der Waals surface area contributed by atoms with Gasteiger partial charge in [0.2, 0.25) is 21.8 Å². The first-order chi connectivity index (χ1) is 45.8. The number of aromatic nitrogens is 2. The lowest BCUT2D eigenvalue weighted by molar-refractivity contribution is -0.144. The van der Waals surface area contributed by atoms with Crippen molar-refractivity contribution >= 4 is 65.5 Å². The lowest BCUT2D eigenvalue weighted by atomic mass is 9.81.